The maximum atomic E-state index is 10.3. The average molecular weight is 164 g/mol. The summed E-state index contributed by atoms with van der Waals surface area (Å²) >= 11 is 6.23. The average Bonchev–Trinajstić information content (AvgIpc) is 1.85. The van der Waals surface area contributed by atoms with Crippen LogP contribution in [0.3, 0.4) is 0 Å². The second-order valence-corrected chi connectivity index (χ2v) is 4.18. The van der Waals surface area contributed by atoms with Crippen molar-refractivity contribution in [1.29, 1.82) is 0 Å². The summed E-state index contributed by atoms with van der Waals surface area (Å²) in [4.78, 5) is 20.6. The van der Waals surface area contributed by atoms with Crippen LogP contribution in [0.25, 0.3) is 0 Å². The molecule has 0 aromatic rings. The molecule has 0 spiro atoms. The smallest absolute Gasteiger partial charge is 0.272 e. The maximum Gasteiger partial charge on any atom is 0.272 e. The Kier molecular flexibility index (Phi) is 1.69. The van der Waals surface area contributed by atoms with Gasteiger partial charge in [0.15, 0.2) is 0 Å². The zero-order valence-electron chi connectivity index (χ0n) is 3.54. The molecule has 0 aromatic carbocycles. The fourth-order valence-electron chi connectivity index (χ4n) is 0.256. The lowest BCUT2D eigenvalue weighted by Crippen LogP contribution is -1.94. The van der Waals surface area contributed by atoms with E-state index in [2.05, 4.69) is 12.2 Å². The summed E-state index contributed by atoms with van der Waals surface area (Å²) in [6, 6.07) is 0. The van der Waals surface area contributed by atoms with Gasteiger partial charge in [-0.1, -0.05) is 12.2 Å². The molecule has 1 rings (SSSR count). The largest absolute Gasteiger partial charge is 0.277 e. The molecule has 0 radical (unpaired) electrons. The van der Waals surface area contributed by atoms with Gasteiger partial charge in [0, 0.05) is 0 Å². The first-order valence-corrected chi connectivity index (χ1v) is 3.72. The van der Waals surface area contributed by atoms with Crippen LogP contribution < -0.4 is 0 Å². The van der Waals surface area contributed by atoms with E-state index in [-0.39, 0.29) is 0 Å². The van der Waals surface area contributed by atoms with Crippen LogP contribution in [-0.2, 0) is 9.59 Å². The van der Waals surface area contributed by atoms with E-state index in [1.165, 1.54) is 0 Å². The van der Waals surface area contributed by atoms with Gasteiger partial charge in [-0.2, -0.15) is 0 Å². The summed E-state index contributed by atoms with van der Waals surface area (Å²) in [6.07, 6.45) is 0. The van der Waals surface area contributed by atoms with Crippen molar-refractivity contribution in [2.24, 2.45) is 0 Å². The maximum absolute atomic E-state index is 10.3. The lowest BCUT2D eigenvalue weighted by molar-refractivity contribution is -0.126. The van der Waals surface area contributed by atoms with Crippen molar-refractivity contribution in [2.45, 2.75) is 0 Å². The summed E-state index contributed by atoms with van der Waals surface area (Å²) in [5.74, 6) is 0. The van der Waals surface area contributed by atoms with Gasteiger partial charge in [-0.25, -0.2) is 0 Å². The SMILES string of the molecule is O=C1SC(=S)SC1=O. The number of hydrogen-bond donors (Lipinski definition) is 0. The molecule has 0 bridgehead atoms. The van der Waals surface area contributed by atoms with Gasteiger partial charge in [0.05, 0.1) is 0 Å². The van der Waals surface area contributed by atoms with Crippen LogP contribution in [0.15, 0.2) is 0 Å². The molecule has 0 amide bonds. The van der Waals surface area contributed by atoms with Crippen LogP contribution in [-0.4, -0.2) is 13.8 Å². The zero-order chi connectivity index (χ0) is 6.15. The summed E-state index contributed by atoms with van der Waals surface area (Å²) in [7, 11) is 0. The first-order valence-electron chi connectivity index (χ1n) is 1.68. The standard InChI is InChI=1S/C3O2S3/c4-1-2(5)8-3(6)7-1. The minimum Gasteiger partial charge on any atom is -0.277 e. The van der Waals surface area contributed by atoms with Crippen LogP contribution in [0.5, 0.6) is 0 Å². The minimum absolute atomic E-state index is 0.417. The number of thiocarbonyl (C=S) groups is 1. The Morgan fingerprint density at radius 2 is 1.50 bits per heavy atom. The van der Waals surface area contributed by atoms with Crippen molar-refractivity contribution in [3.8, 4) is 0 Å². The van der Waals surface area contributed by atoms with Gasteiger partial charge in [-0.3, -0.25) is 9.59 Å². The fraction of sp³-hybridized carbons (Fsp3) is 0. The van der Waals surface area contributed by atoms with Crippen LogP contribution in [0.1, 0.15) is 0 Å². The quantitative estimate of drug-likeness (QED) is 0.391. The Balaban J connectivity index is 2.79. The molecule has 1 fully saturated rings. The molecular weight excluding hydrogens is 164 g/mol. The summed E-state index contributed by atoms with van der Waals surface area (Å²) in [6.45, 7) is 0. The molecule has 42 valence electrons. The van der Waals surface area contributed by atoms with E-state index in [9.17, 15) is 9.59 Å². The molecule has 0 aromatic heterocycles. The molecule has 0 aliphatic carbocycles. The Bertz CT molecular complexity index is 155. The van der Waals surface area contributed by atoms with E-state index < -0.39 is 10.2 Å². The van der Waals surface area contributed by atoms with Gasteiger partial charge in [-0.05, 0) is 23.5 Å². The lowest BCUT2D eigenvalue weighted by atomic mass is 10.9. The molecule has 0 unspecified atom stereocenters. The molecule has 8 heavy (non-hydrogen) atoms. The van der Waals surface area contributed by atoms with E-state index in [1.807, 2.05) is 0 Å². The molecule has 0 N–H and O–H groups in total. The van der Waals surface area contributed by atoms with Crippen molar-refractivity contribution in [3.63, 3.8) is 0 Å². The highest BCUT2D eigenvalue weighted by atomic mass is 32.2. The lowest BCUT2D eigenvalue weighted by Gasteiger charge is -1.71. The molecule has 5 heteroatoms. The number of hydrogen-bond acceptors (Lipinski definition) is 5. The molecule has 1 saturated heterocycles. The zero-order valence-corrected chi connectivity index (χ0v) is 5.99. The molecule has 0 atom stereocenters. The highest BCUT2D eigenvalue weighted by Crippen LogP contribution is 2.28. The van der Waals surface area contributed by atoms with Crippen molar-refractivity contribution < 1.29 is 9.59 Å². The Hall–Kier alpha value is 0.130. The topological polar surface area (TPSA) is 34.1 Å². The predicted molar refractivity (Wildman–Crippen MR) is 37.8 cm³/mol. The van der Waals surface area contributed by atoms with Crippen molar-refractivity contribution in [3.05, 3.63) is 0 Å². The van der Waals surface area contributed by atoms with Gasteiger partial charge in [0.2, 0.25) is 0 Å². The van der Waals surface area contributed by atoms with E-state index >= 15 is 0 Å². The number of carbonyl (C=O) groups excluding carboxylic acids is 2. The van der Waals surface area contributed by atoms with Crippen molar-refractivity contribution in [1.82, 2.24) is 0 Å². The van der Waals surface area contributed by atoms with Gasteiger partial charge in [0.1, 0.15) is 3.53 Å². The monoisotopic (exact) mass is 164 g/mol. The highest BCUT2D eigenvalue weighted by molar-refractivity contribution is 8.62. The Labute approximate surface area is 59.4 Å². The summed E-state index contributed by atoms with van der Waals surface area (Å²) in [5.41, 5.74) is 0. The van der Waals surface area contributed by atoms with Gasteiger partial charge in [0.25, 0.3) is 10.2 Å². The third-order valence-corrected chi connectivity index (χ3v) is 2.72. The number of rotatable bonds is 0. The van der Waals surface area contributed by atoms with Crippen LogP contribution in [0.4, 0.5) is 0 Å². The number of carbonyl (C=O) groups is 2. The fourth-order valence-corrected chi connectivity index (χ4v) is 2.05. The Morgan fingerprint density at radius 1 is 1.12 bits per heavy atom. The van der Waals surface area contributed by atoms with Crippen molar-refractivity contribution in [2.75, 3.05) is 0 Å². The second-order valence-electron chi connectivity index (χ2n) is 1.03. The van der Waals surface area contributed by atoms with Crippen molar-refractivity contribution >= 4 is 49.5 Å². The van der Waals surface area contributed by atoms with E-state index in [0.717, 1.165) is 23.5 Å². The first-order chi connectivity index (χ1) is 3.70. The third kappa shape index (κ3) is 1.10. The molecule has 1 aliphatic heterocycles. The Morgan fingerprint density at radius 3 is 1.62 bits per heavy atom. The van der Waals surface area contributed by atoms with Gasteiger partial charge >= 0.3 is 0 Å². The van der Waals surface area contributed by atoms with E-state index in [4.69, 9.17) is 0 Å². The van der Waals surface area contributed by atoms with Crippen LogP contribution in [0, 0.1) is 0 Å². The van der Waals surface area contributed by atoms with E-state index in [0.29, 0.717) is 3.53 Å². The number of thioether (sulfide) groups is 2. The molecule has 1 heterocycles. The van der Waals surface area contributed by atoms with Gasteiger partial charge in [-0.15, -0.1) is 0 Å². The van der Waals surface area contributed by atoms with Crippen LogP contribution >= 0.6 is 35.7 Å². The molecular formula is C3O2S3. The first kappa shape index (κ1) is 6.25. The predicted octanol–water partition coefficient (Wildman–Crippen LogP) is 0.804. The third-order valence-electron chi connectivity index (χ3n) is 0.519. The summed E-state index contributed by atoms with van der Waals surface area (Å²) < 4.78 is 0.417. The second kappa shape index (κ2) is 2.16. The molecule has 2 nitrogen and oxygen atoms in total. The highest BCUT2D eigenvalue weighted by Gasteiger charge is 2.27. The molecule has 1 aliphatic rings. The minimum atomic E-state index is -0.444. The van der Waals surface area contributed by atoms with E-state index in [1.54, 1.807) is 0 Å². The van der Waals surface area contributed by atoms with Gasteiger partial charge < -0.3 is 0 Å². The normalized spacial score (nSPS) is 20.2. The summed E-state index contributed by atoms with van der Waals surface area (Å²) in [5, 5.41) is -0.889. The van der Waals surface area contributed by atoms with Crippen LogP contribution in [0.2, 0.25) is 0 Å². The molecule has 0 saturated carbocycles.